The highest BCUT2D eigenvalue weighted by atomic mass is 19.1. The number of ether oxygens (including phenoxy) is 2. The van der Waals surface area contributed by atoms with Crippen LogP contribution in [0, 0.1) is 5.82 Å². The first-order valence-electron chi connectivity index (χ1n) is 10.1. The Bertz CT molecular complexity index is 900. The molecule has 7 heteroatoms. The molecule has 0 aliphatic carbocycles. The van der Waals surface area contributed by atoms with Gasteiger partial charge in [0.2, 0.25) is 0 Å². The number of pyridine rings is 1. The number of anilines is 1. The largest absolute Gasteiger partial charge is 0.497 e. The van der Waals surface area contributed by atoms with Crippen LogP contribution in [-0.4, -0.2) is 37.5 Å². The van der Waals surface area contributed by atoms with Gasteiger partial charge in [0, 0.05) is 37.9 Å². The zero-order valence-corrected chi connectivity index (χ0v) is 17.8. The van der Waals surface area contributed by atoms with Crippen molar-refractivity contribution in [2.45, 2.75) is 19.6 Å². The molecule has 1 aromatic heterocycles. The number of aromatic nitrogens is 1. The molecule has 0 unspecified atom stereocenters. The summed E-state index contributed by atoms with van der Waals surface area (Å²) in [6.07, 6.45) is 1.48. The van der Waals surface area contributed by atoms with Gasteiger partial charge in [0.25, 0.3) is 0 Å². The molecule has 0 amide bonds. The standard InChI is InChI=1S/C24H28FN3O3/c1-30-20-7-3-18(4-8-20)16-28(17-19-5-9-21(31-2)10-6-19)24-22(15-26-13-14-29)23(25)11-12-27-24/h3-12,26,29H,13-17H2,1-2H3. The van der Waals surface area contributed by atoms with Crippen molar-refractivity contribution in [2.75, 3.05) is 32.3 Å². The quantitative estimate of drug-likeness (QED) is 0.458. The first-order chi connectivity index (χ1) is 15.1. The fraction of sp³-hybridized carbons (Fsp3) is 0.292. The minimum absolute atomic E-state index is 0.0153. The zero-order chi connectivity index (χ0) is 22.1. The average Bonchev–Trinajstić information content (AvgIpc) is 2.81. The van der Waals surface area contributed by atoms with Crippen molar-refractivity contribution in [3.05, 3.63) is 83.3 Å². The Morgan fingerprint density at radius 3 is 1.94 bits per heavy atom. The lowest BCUT2D eigenvalue weighted by Crippen LogP contribution is -2.27. The number of rotatable bonds is 11. The molecule has 0 fully saturated rings. The summed E-state index contributed by atoms with van der Waals surface area (Å²) in [4.78, 5) is 6.56. The van der Waals surface area contributed by atoms with Crippen molar-refractivity contribution in [3.8, 4) is 11.5 Å². The van der Waals surface area contributed by atoms with Crippen LogP contribution in [0.15, 0.2) is 60.8 Å². The van der Waals surface area contributed by atoms with E-state index >= 15 is 0 Å². The van der Waals surface area contributed by atoms with Gasteiger partial charge in [-0.3, -0.25) is 0 Å². The third-order valence-corrected chi connectivity index (χ3v) is 4.93. The predicted molar refractivity (Wildman–Crippen MR) is 119 cm³/mol. The normalized spacial score (nSPS) is 10.7. The maximum absolute atomic E-state index is 14.7. The fourth-order valence-corrected chi connectivity index (χ4v) is 3.30. The molecule has 0 atom stereocenters. The van der Waals surface area contributed by atoms with Gasteiger partial charge >= 0.3 is 0 Å². The van der Waals surface area contributed by atoms with Crippen molar-refractivity contribution < 1.29 is 19.0 Å². The Hall–Kier alpha value is -3.16. The monoisotopic (exact) mass is 425 g/mol. The molecule has 164 valence electrons. The molecule has 31 heavy (non-hydrogen) atoms. The summed E-state index contributed by atoms with van der Waals surface area (Å²) in [6, 6.07) is 16.9. The van der Waals surface area contributed by atoms with Gasteiger partial charge in [-0.15, -0.1) is 0 Å². The highest BCUT2D eigenvalue weighted by Gasteiger charge is 2.18. The minimum Gasteiger partial charge on any atom is -0.497 e. The summed E-state index contributed by atoms with van der Waals surface area (Å²) >= 11 is 0. The van der Waals surface area contributed by atoms with Crippen LogP contribution < -0.4 is 19.7 Å². The van der Waals surface area contributed by atoms with Crippen LogP contribution in [0.5, 0.6) is 11.5 Å². The van der Waals surface area contributed by atoms with Crippen molar-refractivity contribution in [1.82, 2.24) is 10.3 Å². The molecular weight excluding hydrogens is 397 g/mol. The van der Waals surface area contributed by atoms with Crippen LogP contribution >= 0.6 is 0 Å². The molecule has 2 N–H and O–H groups in total. The van der Waals surface area contributed by atoms with Crippen LogP contribution in [0.25, 0.3) is 0 Å². The van der Waals surface area contributed by atoms with E-state index in [1.165, 1.54) is 12.3 Å². The Kier molecular flexibility index (Phi) is 8.20. The van der Waals surface area contributed by atoms with E-state index in [2.05, 4.69) is 10.3 Å². The van der Waals surface area contributed by atoms with Crippen LogP contribution in [-0.2, 0) is 19.6 Å². The van der Waals surface area contributed by atoms with Gasteiger partial charge in [-0.25, -0.2) is 9.37 Å². The molecule has 0 bridgehead atoms. The van der Waals surface area contributed by atoms with Crippen molar-refractivity contribution in [2.24, 2.45) is 0 Å². The number of nitrogens with zero attached hydrogens (tertiary/aromatic N) is 2. The Labute approximate surface area is 182 Å². The number of hydrogen-bond acceptors (Lipinski definition) is 6. The van der Waals surface area contributed by atoms with E-state index in [0.717, 1.165) is 22.6 Å². The maximum Gasteiger partial charge on any atom is 0.136 e. The van der Waals surface area contributed by atoms with Crippen LogP contribution in [0.3, 0.4) is 0 Å². The number of hydrogen-bond donors (Lipinski definition) is 2. The van der Waals surface area contributed by atoms with Gasteiger partial charge < -0.3 is 24.8 Å². The number of halogens is 1. The summed E-state index contributed by atoms with van der Waals surface area (Å²) < 4.78 is 25.2. The van der Waals surface area contributed by atoms with Crippen molar-refractivity contribution in [1.29, 1.82) is 0 Å². The third-order valence-electron chi connectivity index (χ3n) is 4.93. The molecule has 1 heterocycles. The molecule has 0 radical (unpaired) electrons. The van der Waals surface area contributed by atoms with Crippen LogP contribution in [0.4, 0.5) is 10.2 Å². The molecule has 0 saturated heterocycles. The topological polar surface area (TPSA) is 66.9 Å². The lowest BCUT2D eigenvalue weighted by molar-refractivity contribution is 0.291. The van der Waals surface area contributed by atoms with E-state index in [1.54, 1.807) is 14.2 Å². The summed E-state index contributed by atoms with van der Waals surface area (Å²) in [5, 5.41) is 12.1. The number of methoxy groups -OCH3 is 2. The van der Waals surface area contributed by atoms with E-state index < -0.39 is 0 Å². The average molecular weight is 426 g/mol. The summed E-state index contributed by atoms with van der Waals surface area (Å²) in [5.41, 5.74) is 2.57. The second-order valence-corrected chi connectivity index (χ2v) is 7.05. The highest BCUT2D eigenvalue weighted by molar-refractivity contribution is 5.49. The molecule has 3 aromatic rings. The molecule has 3 rings (SSSR count). The maximum atomic E-state index is 14.7. The van der Waals surface area contributed by atoms with Gasteiger partial charge in [-0.2, -0.15) is 0 Å². The Morgan fingerprint density at radius 1 is 0.903 bits per heavy atom. The number of nitrogens with one attached hydrogen (secondary N) is 1. The minimum atomic E-state index is -0.329. The van der Waals surface area contributed by atoms with Gasteiger partial charge in [0.15, 0.2) is 0 Å². The predicted octanol–water partition coefficient (Wildman–Crippen LogP) is 3.53. The molecule has 0 saturated carbocycles. The van der Waals surface area contributed by atoms with E-state index in [4.69, 9.17) is 14.6 Å². The van der Waals surface area contributed by atoms with E-state index in [9.17, 15) is 4.39 Å². The van der Waals surface area contributed by atoms with Crippen LogP contribution in [0.1, 0.15) is 16.7 Å². The van der Waals surface area contributed by atoms with Crippen LogP contribution in [0.2, 0.25) is 0 Å². The van der Waals surface area contributed by atoms with E-state index in [1.807, 2.05) is 53.4 Å². The molecule has 6 nitrogen and oxygen atoms in total. The molecule has 0 spiro atoms. The second kappa shape index (κ2) is 11.3. The first kappa shape index (κ1) is 22.5. The number of aliphatic hydroxyl groups is 1. The zero-order valence-electron chi connectivity index (χ0n) is 17.8. The van der Waals surface area contributed by atoms with Crippen molar-refractivity contribution in [3.63, 3.8) is 0 Å². The Morgan fingerprint density at radius 2 is 1.45 bits per heavy atom. The summed E-state index contributed by atoms with van der Waals surface area (Å²) in [5.74, 6) is 1.80. The lowest BCUT2D eigenvalue weighted by atomic mass is 10.1. The molecule has 2 aromatic carbocycles. The number of aliphatic hydroxyl groups excluding tert-OH is 1. The third kappa shape index (κ3) is 6.16. The van der Waals surface area contributed by atoms with Gasteiger partial charge in [0.05, 0.1) is 20.8 Å². The first-order valence-corrected chi connectivity index (χ1v) is 10.1. The van der Waals surface area contributed by atoms with Gasteiger partial charge in [-0.1, -0.05) is 24.3 Å². The smallest absolute Gasteiger partial charge is 0.136 e. The van der Waals surface area contributed by atoms with Crippen molar-refractivity contribution >= 4 is 5.82 Å². The van der Waals surface area contributed by atoms with Gasteiger partial charge in [-0.05, 0) is 41.5 Å². The molecular formula is C24H28FN3O3. The molecule has 0 aliphatic rings. The van der Waals surface area contributed by atoms with Gasteiger partial charge in [0.1, 0.15) is 23.1 Å². The second-order valence-electron chi connectivity index (χ2n) is 7.05. The number of benzene rings is 2. The highest BCUT2D eigenvalue weighted by Crippen LogP contribution is 2.25. The van der Waals surface area contributed by atoms with E-state index in [0.29, 0.717) is 31.0 Å². The SMILES string of the molecule is COc1ccc(CN(Cc2ccc(OC)cc2)c2nccc(F)c2CNCCO)cc1. The Balaban J connectivity index is 1.93. The van der Waals surface area contributed by atoms with E-state index in [-0.39, 0.29) is 19.0 Å². The lowest BCUT2D eigenvalue weighted by Gasteiger charge is -2.27. The summed E-state index contributed by atoms with van der Waals surface area (Å²) in [7, 11) is 3.26. The summed E-state index contributed by atoms with van der Waals surface area (Å²) in [6.45, 7) is 1.72. The fourth-order valence-electron chi connectivity index (χ4n) is 3.30. The molecule has 0 aliphatic heterocycles.